The fourth-order valence-corrected chi connectivity index (χ4v) is 0. The van der Waals surface area contributed by atoms with Gasteiger partial charge in [0.2, 0.25) is 0 Å². The molecule has 0 saturated heterocycles. The van der Waals surface area contributed by atoms with E-state index in [9.17, 15) is 0 Å². The zero-order valence-electron chi connectivity index (χ0n) is 5.06. The zero-order chi connectivity index (χ0) is 5.58. The second-order valence-electron chi connectivity index (χ2n) is 0.394. The molecule has 0 aliphatic rings. The molecule has 0 bridgehead atoms. The summed E-state index contributed by atoms with van der Waals surface area (Å²) >= 11 is 0. The van der Waals surface area contributed by atoms with Gasteiger partial charge in [-0.1, -0.05) is 13.8 Å². The first-order valence-electron chi connectivity index (χ1n) is 1.78. The third kappa shape index (κ3) is 181. The minimum atomic E-state index is -1.08. The molecule has 0 aliphatic heterocycles. The topological polar surface area (TPSA) is 37.3 Å². The number of carboxylic acids is 1. The second-order valence-corrected chi connectivity index (χ2v) is 0.394. The van der Waals surface area contributed by atoms with Gasteiger partial charge in [-0.2, -0.15) is 0 Å². The summed E-state index contributed by atoms with van der Waals surface area (Å²) in [6, 6.07) is 0. The Hall–Kier alpha value is 0.976. The molecule has 0 saturated carbocycles. The average molecular weight is 128 g/mol. The third-order valence-electron chi connectivity index (χ3n) is 0. The molecule has 2 nitrogen and oxygen atoms in total. The van der Waals surface area contributed by atoms with Gasteiger partial charge in [-0.3, -0.25) is 11.7 Å². The predicted molar refractivity (Wildman–Crippen MR) is 24.3 cm³/mol. The fraction of sp³-hybridized carbons (Fsp3) is 0.500. The first-order chi connectivity index (χ1) is 2.73. The molecule has 3 heteroatoms. The first-order valence-corrected chi connectivity index (χ1v) is 1.78. The predicted octanol–water partition coefficient (Wildman–Crippen LogP) is -2.06. The molecule has 1 N–H and O–H groups in total. The Kier molecular flexibility index (Phi) is 35.3. The van der Waals surface area contributed by atoms with E-state index in [1.807, 2.05) is 13.8 Å². The van der Waals surface area contributed by atoms with Crippen molar-refractivity contribution in [1.29, 1.82) is 0 Å². The van der Waals surface area contributed by atoms with Crippen LogP contribution in [0.2, 0.25) is 0 Å². The number of rotatable bonds is 0. The molecule has 0 atom stereocenters. The van der Waals surface area contributed by atoms with Crippen molar-refractivity contribution in [3.63, 3.8) is 0 Å². The van der Waals surface area contributed by atoms with Crippen LogP contribution in [0.3, 0.4) is 0 Å². The Labute approximate surface area is 86.7 Å². The van der Waals surface area contributed by atoms with Crippen LogP contribution in [0, 0.1) is 6.92 Å². The van der Waals surface area contributed by atoms with Crippen LogP contribution in [-0.2, 0) is 4.79 Å². The monoisotopic (exact) mass is 128 g/mol. The van der Waals surface area contributed by atoms with Crippen LogP contribution in [0.5, 0.6) is 0 Å². The molecule has 0 radical (unpaired) electrons. The van der Waals surface area contributed by atoms with Crippen LogP contribution in [0.1, 0.15) is 13.8 Å². The van der Waals surface area contributed by atoms with Crippen LogP contribution in [0.15, 0.2) is 0 Å². The molecule has 0 unspecified atom stereocenters. The van der Waals surface area contributed by atoms with Crippen molar-refractivity contribution in [3.05, 3.63) is 6.92 Å². The molecular weight excluding hydrogens is 119 g/mol. The van der Waals surface area contributed by atoms with Crippen LogP contribution < -0.4 is 51.4 Å². The molecule has 0 heterocycles. The summed E-state index contributed by atoms with van der Waals surface area (Å²) in [5, 5.41) is 7.31. The molecule has 0 fully saturated rings. The van der Waals surface area contributed by atoms with Gasteiger partial charge in [0.1, 0.15) is 0 Å². The van der Waals surface area contributed by atoms with Crippen LogP contribution in [0.25, 0.3) is 0 Å². The maximum absolute atomic E-state index is 8.89. The Morgan fingerprint density at radius 1 is 1.57 bits per heavy atom. The van der Waals surface area contributed by atoms with Crippen molar-refractivity contribution in [3.8, 4) is 0 Å². The zero-order valence-corrected chi connectivity index (χ0v) is 8.19. The van der Waals surface area contributed by atoms with E-state index in [0.717, 1.165) is 0 Å². The number of carboxylic acid groups (broad SMARTS) is 1. The van der Waals surface area contributed by atoms with Crippen molar-refractivity contribution >= 4 is 5.97 Å². The molecule has 7 heavy (non-hydrogen) atoms. The maximum atomic E-state index is 8.89. The van der Waals surface area contributed by atoms with Crippen molar-refractivity contribution < 1.29 is 61.3 Å². The van der Waals surface area contributed by atoms with Crippen LogP contribution >= 0.6 is 0 Å². The Morgan fingerprint density at radius 2 is 1.57 bits per heavy atom. The molecule has 0 aliphatic carbocycles. The van der Waals surface area contributed by atoms with E-state index in [-0.39, 0.29) is 51.4 Å². The Balaban J connectivity index is -0.0000000480. The van der Waals surface area contributed by atoms with Gasteiger partial charge in [-0.15, -0.1) is 0 Å². The summed E-state index contributed by atoms with van der Waals surface area (Å²) in [5.74, 6) is -1.08. The van der Waals surface area contributed by atoms with Gasteiger partial charge in [0.15, 0.2) is 5.97 Å². The van der Waals surface area contributed by atoms with Gasteiger partial charge in [0.25, 0.3) is 0 Å². The minimum Gasteiger partial charge on any atom is -0.503 e. The van der Waals surface area contributed by atoms with E-state index in [4.69, 9.17) is 9.90 Å². The smallest absolute Gasteiger partial charge is 0.503 e. The standard InChI is InChI=1S/C2H3O2.C2H6.K/c1-2(3)4;1-2;/h1H2,(H,3,4);1-2H3;/q-1;;+1. The number of carbonyl (C=O) groups is 1. The number of hydrogen-bond donors (Lipinski definition) is 1. The SMILES string of the molecule is CC.[CH2-]C(=O)O.[K+]. The summed E-state index contributed by atoms with van der Waals surface area (Å²) in [6.45, 7) is 6.56. The van der Waals surface area contributed by atoms with Crippen molar-refractivity contribution in [2.75, 3.05) is 0 Å². The molecule has 0 aromatic heterocycles. The minimum absolute atomic E-state index is 0. The average Bonchev–Trinajstić information content (AvgIpc) is 1.41. The van der Waals surface area contributed by atoms with Crippen LogP contribution in [0.4, 0.5) is 0 Å². The molecule has 0 aromatic carbocycles. The van der Waals surface area contributed by atoms with Gasteiger partial charge >= 0.3 is 51.4 Å². The Bertz CT molecular complexity index is 32.7. The first kappa shape index (κ1) is 15.7. The molecule has 0 spiro atoms. The van der Waals surface area contributed by atoms with Gasteiger partial charge in [0.05, 0.1) is 0 Å². The molecule has 38 valence electrons. The maximum Gasteiger partial charge on any atom is 1.00 e. The number of aliphatic carboxylic acids is 1. The van der Waals surface area contributed by atoms with E-state index in [1.54, 1.807) is 0 Å². The normalized spacial score (nSPS) is 4.29. The third-order valence-corrected chi connectivity index (χ3v) is 0. The van der Waals surface area contributed by atoms with Crippen molar-refractivity contribution in [1.82, 2.24) is 0 Å². The van der Waals surface area contributed by atoms with Gasteiger partial charge in [-0.25, -0.2) is 0 Å². The van der Waals surface area contributed by atoms with Gasteiger partial charge in [0, 0.05) is 0 Å². The second kappa shape index (κ2) is 15.8. The van der Waals surface area contributed by atoms with E-state index < -0.39 is 5.97 Å². The van der Waals surface area contributed by atoms with Crippen LogP contribution in [-0.4, -0.2) is 11.1 Å². The summed E-state index contributed by atoms with van der Waals surface area (Å²) in [6.07, 6.45) is 0. The van der Waals surface area contributed by atoms with E-state index in [1.165, 1.54) is 0 Å². The fourth-order valence-electron chi connectivity index (χ4n) is 0. The van der Waals surface area contributed by atoms with Crippen molar-refractivity contribution in [2.45, 2.75) is 13.8 Å². The summed E-state index contributed by atoms with van der Waals surface area (Å²) in [5.41, 5.74) is 0. The Morgan fingerprint density at radius 3 is 1.57 bits per heavy atom. The summed E-state index contributed by atoms with van der Waals surface area (Å²) in [4.78, 5) is 8.89. The number of hydrogen-bond acceptors (Lipinski definition) is 1. The largest absolute Gasteiger partial charge is 1.00 e. The van der Waals surface area contributed by atoms with E-state index >= 15 is 0 Å². The van der Waals surface area contributed by atoms with Crippen molar-refractivity contribution in [2.24, 2.45) is 0 Å². The quantitative estimate of drug-likeness (QED) is 0.301. The molecule has 0 amide bonds. The summed E-state index contributed by atoms with van der Waals surface area (Å²) in [7, 11) is 0. The van der Waals surface area contributed by atoms with E-state index in [0.29, 0.717) is 0 Å². The van der Waals surface area contributed by atoms with Gasteiger partial charge < -0.3 is 5.11 Å². The summed E-state index contributed by atoms with van der Waals surface area (Å²) < 4.78 is 0. The molecule has 0 rings (SSSR count). The van der Waals surface area contributed by atoms with Gasteiger partial charge in [-0.05, 0) is 0 Å². The molecular formula is C4H9KO2. The molecule has 0 aromatic rings. The van der Waals surface area contributed by atoms with E-state index in [2.05, 4.69) is 6.92 Å².